The van der Waals surface area contributed by atoms with Gasteiger partial charge in [-0.25, -0.2) is 9.97 Å². The number of furan rings is 1. The van der Waals surface area contributed by atoms with E-state index in [1.54, 1.807) is 12.5 Å². The van der Waals surface area contributed by atoms with E-state index in [4.69, 9.17) is 9.40 Å². The van der Waals surface area contributed by atoms with Crippen LogP contribution < -0.4 is 5.32 Å². The lowest BCUT2D eigenvalue weighted by Gasteiger charge is -2.35. The number of piperidine rings is 1. The predicted octanol–water partition coefficient (Wildman–Crippen LogP) is 4.75. The zero-order chi connectivity index (χ0) is 20.1. The van der Waals surface area contributed by atoms with Gasteiger partial charge in [0.1, 0.15) is 17.1 Å². The summed E-state index contributed by atoms with van der Waals surface area (Å²) in [6.45, 7) is 3.38. The molecule has 29 heavy (non-hydrogen) atoms. The molecule has 0 saturated carbocycles. The van der Waals surface area contributed by atoms with Crippen LogP contribution >= 0.6 is 0 Å². The highest BCUT2D eigenvalue weighted by Gasteiger charge is 2.28. The van der Waals surface area contributed by atoms with Crippen molar-refractivity contribution in [3.8, 4) is 11.4 Å². The topological polar surface area (TPSA) is 71.3 Å². The van der Waals surface area contributed by atoms with E-state index < -0.39 is 0 Å². The van der Waals surface area contributed by atoms with Gasteiger partial charge < -0.3 is 14.6 Å². The van der Waals surface area contributed by atoms with Gasteiger partial charge >= 0.3 is 0 Å². The summed E-state index contributed by atoms with van der Waals surface area (Å²) in [6.07, 6.45) is 7.53. The highest BCUT2D eigenvalue weighted by molar-refractivity contribution is 5.99. The monoisotopic (exact) mass is 390 g/mol. The smallest absolute Gasteiger partial charge is 0.259 e. The highest BCUT2D eigenvalue weighted by Crippen LogP contribution is 2.26. The maximum Gasteiger partial charge on any atom is 0.259 e. The minimum absolute atomic E-state index is 0.00175. The van der Waals surface area contributed by atoms with Crippen molar-refractivity contribution in [2.24, 2.45) is 0 Å². The molecular weight excluding hydrogens is 364 g/mol. The molecule has 150 valence electrons. The van der Waals surface area contributed by atoms with Crippen LogP contribution in [0.3, 0.4) is 0 Å². The highest BCUT2D eigenvalue weighted by atomic mass is 16.3. The number of amides is 1. The number of benzene rings is 1. The molecule has 1 saturated heterocycles. The number of rotatable bonds is 6. The molecule has 1 N–H and O–H groups in total. The Hall–Kier alpha value is -3.15. The summed E-state index contributed by atoms with van der Waals surface area (Å²) in [6, 6.07) is 13.8. The third kappa shape index (κ3) is 4.31. The molecule has 4 rings (SSSR count). The van der Waals surface area contributed by atoms with E-state index in [0.29, 0.717) is 23.8 Å². The first-order chi connectivity index (χ1) is 14.3. The number of carbonyl (C=O) groups excluding carboxylic acids is 1. The Balaban J connectivity index is 1.66. The van der Waals surface area contributed by atoms with Crippen LogP contribution in [0.1, 0.15) is 48.7 Å². The van der Waals surface area contributed by atoms with Crippen molar-refractivity contribution in [1.82, 2.24) is 14.9 Å². The van der Waals surface area contributed by atoms with E-state index in [1.165, 1.54) is 6.42 Å². The summed E-state index contributed by atoms with van der Waals surface area (Å²) >= 11 is 0. The number of likely N-dealkylation sites (tertiary alicyclic amines) is 1. The number of hydrogen-bond donors (Lipinski definition) is 1. The number of aromatic nitrogens is 2. The van der Waals surface area contributed by atoms with E-state index >= 15 is 0 Å². The molecule has 2 aromatic heterocycles. The molecule has 6 nitrogen and oxygen atoms in total. The fourth-order valence-corrected chi connectivity index (χ4v) is 3.83. The van der Waals surface area contributed by atoms with Gasteiger partial charge in [0.15, 0.2) is 5.82 Å². The Labute approximate surface area is 171 Å². The van der Waals surface area contributed by atoms with Crippen molar-refractivity contribution in [1.29, 1.82) is 0 Å². The zero-order valence-corrected chi connectivity index (χ0v) is 16.7. The van der Waals surface area contributed by atoms with E-state index in [-0.39, 0.29) is 11.9 Å². The Bertz CT molecular complexity index is 941. The van der Waals surface area contributed by atoms with Gasteiger partial charge in [-0.1, -0.05) is 37.3 Å². The van der Waals surface area contributed by atoms with Crippen LogP contribution in [0.5, 0.6) is 0 Å². The zero-order valence-electron chi connectivity index (χ0n) is 16.7. The summed E-state index contributed by atoms with van der Waals surface area (Å²) in [4.78, 5) is 24.6. The summed E-state index contributed by atoms with van der Waals surface area (Å²) in [5.74, 6) is 1.92. The normalized spacial score (nSPS) is 16.6. The van der Waals surface area contributed by atoms with E-state index in [1.807, 2.05) is 47.4 Å². The summed E-state index contributed by atoms with van der Waals surface area (Å²) in [5.41, 5.74) is 1.42. The quantitative estimate of drug-likeness (QED) is 0.657. The summed E-state index contributed by atoms with van der Waals surface area (Å²) in [7, 11) is 0. The maximum absolute atomic E-state index is 13.4. The van der Waals surface area contributed by atoms with Crippen molar-refractivity contribution in [2.45, 2.75) is 45.2 Å². The molecule has 3 heterocycles. The second kappa shape index (κ2) is 8.90. The Morgan fingerprint density at radius 2 is 2.07 bits per heavy atom. The second-order valence-corrected chi connectivity index (χ2v) is 7.31. The molecule has 1 amide bonds. The van der Waals surface area contributed by atoms with Crippen molar-refractivity contribution >= 4 is 11.7 Å². The van der Waals surface area contributed by atoms with Crippen LogP contribution in [-0.2, 0) is 6.54 Å². The van der Waals surface area contributed by atoms with Gasteiger partial charge in [0.25, 0.3) is 5.91 Å². The van der Waals surface area contributed by atoms with Crippen LogP contribution in [0, 0.1) is 0 Å². The number of carbonyl (C=O) groups is 1. The van der Waals surface area contributed by atoms with Crippen LogP contribution in [0.4, 0.5) is 5.82 Å². The molecule has 0 aliphatic carbocycles. The summed E-state index contributed by atoms with van der Waals surface area (Å²) < 4.78 is 5.42. The molecule has 1 unspecified atom stereocenters. The molecule has 6 heteroatoms. The molecule has 1 aliphatic rings. The van der Waals surface area contributed by atoms with E-state index in [2.05, 4.69) is 17.2 Å². The van der Waals surface area contributed by atoms with Gasteiger partial charge in [-0.05, 0) is 37.8 Å². The molecule has 1 fully saturated rings. The van der Waals surface area contributed by atoms with Gasteiger partial charge in [-0.2, -0.15) is 0 Å². The lowest BCUT2D eigenvalue weighted by atomic mass is 9.99. The Kier molecular flexibility index (Phi) is 5.89. The fourth-order valence-electron chi connectivity index (χ4n) is 3.83. The number of hydrogen-bond acceptors (Lipinski definition) is 5. The SMILES string of the molecule is CCC1CCCCN1C(=O)c1cnc(-c2ccccc2)nc1NCc1ccco1. The van der Waals surface area contributed by atoms with Gasteiger partial charge in [0.05, 0.1) is 12.8 Å². The van der Waals surface area contributed by atoms with E-state index in [0.717, 1.165) is 37.1 Å². The van der Waals surface area contributed by atoms with Crippen molar-refractivity contribution < 1.29 is 9.21 Å². The predicted molar refractivity (Wildman–Crippen MR) is 112 cm³/mol. The maximum atomic E-state index is 13.4. The van der Waals surface area contributed by atoms with Gasteiger partial charge in [-0.3, -0.25) is 4.79 Å². The minimum Gasteiger partial charge on any atom is -0.467 e. The third-order valence-electron chi connectivity index (χ3n) is 5.42. The first-order valence-electron chi connectivity index (χ1n) is 10.3. The van der Waals surface area contributed by atoms with Gasteiger partial charge in [0.2, 0.25) is 0 Å². The van der Waals surface area contributed by atoms with Crippen LogP contribution in [0.15, 0.2) is 59.3 Å². The van der Waals surface area contributed by atoms with Gasteiger partial charge in [0, 0.05) is 24.3 Å². The lowest BCUT2D eigenvalue weighted by molar-refractivity contribution is 0.0608. The van der Waals surface area contributed by atoms with Crippen molar-refractivity contribution in [2.75, 3.05) is 11.9 Å². The molecule has 0 radical (unpaired) electrons. The van der Waals surface area contributed by atoms with Crippen molar-refractivity contribution in [3.05, 3.63) is 66.2 Å². The number of nitrogens with zero attached hydrogens (tertiary/aromatic N) is 3. The second-order valence-electron chi connectivity index (χ2n) is 7.31. The first-order valence-corrected chi connectivity index (χ1v) is 10.3. The minimum atomic E-state index is -0.00175. The van der Waals surface area contributed by atoms with Gasteiger partial charge in [-0.15, -0.1) is 0 Å². The largest absolute Gasteiger partial charge is 0.467 e. The number of nitrogens with one attached hydrogen (secondary N) is 1. The van der Waals surface area contributed by atoms with Crippen LogP contribution in [0.25, 0.3) is 11.4 Å². The lowest BCUT2D eigenvalue weighted by Crippen LogP contribution is -2.43. The van der Waals surface area contributed by atoms with Crippen molar-refractivity contribution in [3.63, 3.8) is 0 Å². The molecule has 1 aliphatic heterocycles. The average molecular weight is 390 g/mol. The Morgan fingerprint density at radius 1 is 1.21 bits per heavy atom. The molecule has 1 atom stereocenters. The molecular formula is C23H26N4O2. The molecule has 0 bridgehead atoms. The van der Waals surface area contributed by atoms with E-state index in [9.17, 15) is 4.79 Å². The fraction of sp³-hybridized carbons (Fsp3) is 0.348. The van der Waals surface area contributed by atoms with Crippen LogP contribution in [-0.4, -0.2) is 33.4 Å². The number of anilines is 1. The first kappa shape index (κ1) is 19.2. The molecule has 1 aromatic carbocycles. The standard InChI is InChI=1S/C23H26N4O2/c1-2-18-11-6-7-13-27(18)23(28)20-16-25-21(17-9-4-3-5-10-17)26-22(20)24-15-19-12-8-14-29-19/h3-5,8-10,12,14,16,18H,2,6-7,11,13,15H2,1H3,(H,24,25,26). The third-order valence-corrected chi connectivity index (χ3v) is 5.42. The molecule has 3 aromatic rings. The molecule has 0 spiro atoms. The Morgan fingerprint density at radius 3 is 2.83 bits per heavy atom. The van der Waals surface area contributed by atoms with Crippen LogP contribution in [0.2, 0.25) is 0 Å². The average Bonchev–Trinajstić information content (AvgIpc) is 3.31. The summed E-state index contributed by atoms with van der Waals surface area (Å²) in [5, 5.41) is 3.29.